The van der Waals surface area contributed by atoms with Gasteiger partial charge in [-0.3, -0.25) is 0 Å². The fourth-order valence-corrected chi connectivity index (χ4v) is 3.63. The number of nitrogens with zero attached hydrogens (tertiary/aromatic N) is 3. The van der Waals surface area contributed by atoms with Crippen molar-refractivity contribution in [3.8, 4) is 11.4 Å². The molecule has 0 aliphatic carbocycles. The van der Waals surface area contributed by atoms with Crippen LogP contribution < -0.4 is 16.5 Å². The maximum Gasteiger partial charge on any atom is 0.337 e. The number of carbonyl (C=O) groups is 2. The van der Waals surface area contributed by atoms with Crippen molar-refractivity contribution in [1.29, 1.82) is 0 Å². The van der Waals surface area contributed by atoms with Gasteiger partial charge < -0.3 is 21.2 Å². The van der Waals surface area contributed by atoms with Crippen LogP contribution in [-0.2, 0) is 9.53 Å². The van der Waals surface area contributed by atoms with Crippen LogP contribution in [0.15, 0.2) is 40.7 Å². The van der Waals surface area contributed by atoms with Crippen molar-refractivity contribution in [1.82, 2.24) is 25.5 Å². The molecular formula is C18H22N6O3S. The van der Waals surface area contributed by atoms with Gasteiger partial charge in [0.1, 0.15) is 0 Å². The normalized spacial score (nSPS) is 16.5. The van der Waals surface area contributed by atoms with E-state index in [9.17, 15) is 9.59 Å². The highest BCUT2D eigenvalue weighted by atomic mass is 32.2. The van der Waals surface area contributed by atoms with E-state index in [0.717, 1.165) is 11.1 Å². The van der Waals surface area contributed by atoms with Crippen molar-refractivity contribution in [2.24, 2.45) is 0 Å². The van der Waals surface area contributed by atoms with Gasteiger partial charge in [0.25, 0.3) is 0 Å². The average Bonchev–Trinajstić information content (AvgIpc) is 3.01. The lowest BCUT2D eigenvalue weighted by Crippen LogP contribution is -2.49. The van der Waals surface area contributed by atoms with E-state index in [2.05, 4.69) is 20.8 Å². The molecule has 1 aliphatic rings. The minimum atomic E-state index is -0.465. The SMILES string of the molecule is CCOC(=O)C1=C(CSc2nnc(-c3ccc(C)cc3)n2N)NC(=O)N[C@@H]1C. The summed E-state index contributed by atoms with van der Waals surface area (Å²) in [5.41, 5.74) is 2.84. The van der Waals surface area contributed by atoms with Crippen LogP contribution in [0.1, 0.15) is 19.4 Å². The minimum Gasteiger partial charge on any atom is -0.463 e. The van der Waals surface area contributed by atoms with Gasteiger partial charge in [-0.1, -0.05) is 41.6 Å². The summed E-state index contributed by atoms with van der Waals surface area (Å²) in [6.07, 6.45) is 0. The van der Waals surface area contributed by atoms with Crippen molar-refractivity contribution in [3.63, 3.8) is 0 Å². The van der Waals surface area contributed by atoms with E-state index in [-0.39, 0.29) is 18.4 Å². The number of carbonyl (C=O) groups excluding carboxylic acids is 2. The number of nitrogens with two attached hydrogens (primary N) is 1. The Hall–Kier alpha value is -3.01. The monoisotopic (exact) mass is 402 g/mol. The first-order valence-corrected chi connectivity index (χ1v) is 9.77. The smallest absolute Gasteiger partial charge is 0.337 e. The maximum absolute atomic E-state index is 12.3. The molecule has 3 rings (SSSR count). The fourth-order valence-electron chi connectivity index (χ4n) is 2.80. The quantitative estimate of drug-likeness (QED) is 0.381. The third-order valence-corrected chi connectivity index (χ3v) is 5.15. The second kappa shape index (κ2) is 8.34. The van der Waals surface area contributed by atoms with Crippen LogP contribution in [0.4, 0.5) is 4.79 Å². The van der Waals surface area contributed by atoms with Gasteiger partial charge in [-0.25, -0.2) is 14.3 Å². The van der Waals surface area contributed by atoms with Crippen molar-refractivity contribution in [3.05, 3.63) is 41.1 Å². The largest absolute Gasteiger partial charge is 0.463 e. The summed E-state index contributed by atoms with van der Waals surface area (Å²) in [7, 11) is 0. The lowest BCUT2D eigenvalue weighted by Gasteiger charge is -2.26. The Morgan fingerprint density at radius 1 is 1.32 bits per heavy atom. The maximum atomic E-state index is 12.3. The Labute approximate surface area is 166 Å². The molecule has 2 heterocycles. The molecule has 10 heteroatoms. The van der Waals surface area contributed by atoms with Crippen LogP contribution >= 0.6 is 11.8 Å². The van der Waals surface area contributed by atoms with Crippen molar-refractivity contribution >= 4 is 23.8 Å². The van der Waals surface area contributed by atoms with Gasteiger partial charge in [0.2, 0.25) is 5.16 Å². The molecule has 1 aliphatic heterocycles. The van der Waals surface area contributed by atoms with Gasteiger partial charge in [0.05, 0.1) is 18.2 Å². The van der Waals surface area contributed by atoms with Crippen molar-refractivity contribution < 1.29 is 14.3 Å². The molecule has 2 amide bonds. The van der Waals surface area contributed by atoms with E-state index in [1.165, 1.54) is 16.4 Å². The molecule has 4 N–H and O–H groups in total. The number of aryl methyl sites for hydroxylation is 1. The van der Waals surface area contributed by atoms with E-state index in [0.29, 0.717) is 22.3 Å². The van der Waals surface area contributed by atoms with Gasteiger partial charge in [-0.2, -0.15) is 0 Å². The van der Waals surface area contributed by atoms with Gasteiger partial charge >= 0.3 is 12.0 Å². The number of hydrogen-bond donors (Lipinski definition) is 3. The van der Waals surface area contributed by atoms with E-state index in [1.54, 1.807) is 13.8 Å². The van der Waals surface area contributed by atoms with Gasteiger partial charge in [-0.05, 0) is 20.8 Å². The summed E-state index contributed by atoms with van der Waals surface area (Å²) in [4.78, 5) is 24.1. The fraction of sp³-hybridized carbons (Fsp3) is 0.333. The highest BCUT2D eigenvalue weighted by Gasteiger charge is 2.30. The highest BCUT2D eigenvalue weighted by molar-refractivity contribution is 7.99. The Morgan fingerprint density at radius 2 is 2.04 bits per heavy atom. The number of esters is 1. The first kappa shape index (κ1) is 19.7. The molecule has 0 spiro atoms. The number of nitrogen functional groups attached to an aromatic ring is 1. The number of aromatic nitrogens is 3. The van der Waals surface area contributed by atoms with Crippen LogP contribution in [0.2, 0.25) is 0 Å². The molecule has 28 heavy (non-hydrogen) atoms. The Kier molecular flexibility index (Phi) is 5.88. The zero-order valence-corrected chi connectivity index (χ0v) is 16.7. The Balaban J connectivity index is 1.82. The molecule has 1 aromatic heterocycles. The van der Waals surface area contributed by atoms with Gasteiger partial charge in [0.15, 0.2) is 5.82 Å². The predicted molar refractivity (Wildman–Crippen MR) is 106 cm³/mol. The third kappa shape index (κ3) is 4.11. The van der Waals surface area contributed by atoms with Gasteiger partial charge in [0, 0.05) is 17.0 Å². The van der Waals surface area contributed by atoms with E-state index < -0.39 is 12.0 Å². The number of ether oxygens (including phenoxy) is 1. The molecular weight excluding hydrogens is 380 g/mol. The average molecular weight is 402 g/mol. The molecule has 0 saturated heterocycles. The molecule has 148 valence electrons. The molecule has 1 aromatic carbocycles. The standard InChI is InChI=1S/C18H22N6O3S/c1-4-27-16(25)14-11(3)20-17(26)21-13(14)9-28-18-23-22-15(24(18)19)12-7-5-10(2)6-8-12/h5-8,11H,4,9,19H2,1-3H3,(H2,20,21,26)/t11-/m1/s1. The zero-order chi connectivity index (χ0) is 20.3. The number of thioether (sulfide) groups is 1. The molecule has 0 unspecified atom stereocenters. The van der Waals surface area contributed by atoms with Crippen LogP contribution in [0, 0.1) is 6.92 Å². The van der Waals surface area contributed by atoms with Crippen LogP contribution in [0.3, 0.4) is 0 Å². The number of hydrogen-bond acceptors (Lipinski definition) is 7. The summed E-state index contributed by atoms with van der Waals surface area (Å²) in [6, 6.07) is 6.96. The molecule has 0 radical (unpaired) electrons. The summed E-state index contributed by atoms with van der Waals surface area (Å²) < 4.78 is 6.50. The zero-order valence-electron chi connectivity index (χ0n) is 15.9. The second-order valence-corrected chi connectivity index (χ2v) is 7.21. The molecule has 2 aromatic rings. The highest BCUT2D eigenvalue weighted by Crippen LogP contribution is 2.25. The summed E-state index contributed by atoms with van der Waals surface area (Å²) in [6.45, 7) is 5.72. The first-order valence-electron chi connectivity index (χ1n) is 8.78. The third-order valence-electron chi connectivity index (χ3n) is 4.19. The summed E-state index contributed by atoms with van der Waals surface area (Å²) in [5.74, 6) is 6.50. The molecule has 0 bridgehead atoms. The number of nitrogens with one attached hydrogen (secondary N) is 2. The predicted octanol–water partition coefficient (Wildman–Crippen LogP) is 1.58. The number of rotatable bonds is 6. The van der Waals surface area contributed by atoms with Crippen molar-refractivity contribution in [2.75, 3.05) is 18.2 Å². The topological polar surface area (TPSA) is 124 Å². The van der Waals surface area contributed by atoms with Crippen LogP contribution in [0.5, 0.6) is 0 Å². The number of amides is 2. The molecule has 1 atom stereocenters. The summed E-state index contributed by atoms with van der Waals surface area (Å²) >= 11 is 1.27. The molecule has 9 nitrogen and oxygen atoms in total. The minimum absolute atomic E-state index is 0.250. The van der Waals surface area contributed by atoms with E-state index in [4.69, 9.17) is 10.6 Å². The van der Waals surface area contributed by atoms with E-state index in [1.807, 2.05) is 31.2 Å². The Morgan fingerprint density at radius 3 is 2.71 bits per heavy atom. The van der Waals surface area contributed by atoms with Crippen LogP contribution in [0.25, 0.3) is 11.4 Å². The Bertz CT molecular complexity index is 922. The van der Waals surface area contributed by atoms with Crippen LogP contribution in [-0.4, -0.2) is 45.3 Å². The lowest BCUT2D eigenvalue weighted by molar-refractivity contribution is -0.138. The molecule has 0 saturated carbocycles. The number of benzene rings is 1. The molecule has 0 fully saturated rings. The van der Waals surface area contributed by atoms with Gasteiger partial charge in [-0.15, -0.1) is 10.2 Å². The second-order valence-electron chi connectivity index (χ2n) is 6.26. The first-order chi connectivity index (χ1) is 13.4. The lowest BCUT2D eigenvalue weighted by atomic mass is 10.1. The van der Waals surface area contributed by atoms with Crippen molar-refractivity contribution in [2.45, 2.75) is 32.0 Å². The van der Waals surface area contributed by atoms with E-state index >= 15 is 0 Å². The summed E-state index contributed by atoms with van der Waals surface area (Å²) in [5, 5.41) is 14.1. The number of urea groups is 1.